The molecule has 28 heavy (non-hydrogen) atoms. The Morgan fingerprint density at radius 1 is 1.18 bits per heavy atom. The minimum atomic E-state index is -0.310. The van der Waals surface area contributed by atoms with Crippen LogP contribution in [0.15, 0.2) is 58.7 Å². The molecule has 0 saturated carbocycles. The molecule has 0 heterocycles. The third-order valence-electron chi connectivity index (χ3n) is 3.54. The van der Waals surface area contributed by atoms with Gasteiger partial charge >= 0.3 is 5.97 Å². The van der Waals surface area contributed by atoms with E-state index >= 15 is 0 Å². The lowest BCUT2D eigenvalue weighted by Gasteiger charge is -2.12. The highest BCUT2D eigenvalue weighted by Crippen LogP contribution is 2.28. The molecule has 0 aliphatic rings. The lowest BCUT2D eigenvalue weighted by Crippen LogP contribution is -2.15. The Bertz CT molecular complexity index is 836. The number of nitrogens with two attached hydrogens (primary N) is 1. The number of benzene rings is 2. The Kier molecular flexibility index (Phi) is 8.55. The molecule has 2 rings (SSSR count). The average molecular weight is 400 g/mol. The predicted octanol–water partition coefficient (Wildman–Crippen LogP) is 4.23. The van der Waals surface area contributed by atoms with E-state index in [-0.39, 0.29) is 11.9 Å². The minimum absolute atomic E-state index is 0.221. The molecule has 0 unspecified atom stereocenters. The number of nitrogens with zero attached hydrogens (tertiary/aromatic N) is 2. The quantitative estimate of drug-likeness (QED) is 0.236. The molecule has 148 valence electrons. The van der Waals surface area contributed by atoms with Crippen LogP contribution in [0.1, 0.15) is 31.9 Å². The van der Waals surface area contributed by atoms with Crippen LogP contribution < -0.4 is 15.2 Å². The number of carbonyl (C=O) groups is 1. The summed E-state index contributed by atoms with van der Waals surface area (Å²) in [5, 5.41) is 8.41. The third-order valence-corrected chi connectivity index (χ3v) is 4.40. The lowest BCUT2D eigenvalue weighted by atomic mass is 10.2. The second kappa shape index (κ2) is 11.1. The molecule has 0 spiro atoms. The SMILES string of the molecule is CCOc1cc(C=NN=C(N)SCc2ccccc2)ccc1OC(=O)C(C)C. The van der Waals surface area contributed by atoms with Crippen LogP contribution in [0.5, 0.6) is 11.5 Å². The molecule has 2 N–H and O–H groups in total. The zero-order valence-electron chi connectivity index (χ0n) is 16.3. The number of esters is 1. The van der Waals surface area contributed by atoms with Gasteiger partial charge in [0.25, 0.3) is 0 Å². The first-order chi connectivity index (χ1) is 13.5. The van der Waals surface area contributed by atoms with Gasteiger partial charge in [-0.2, -0.15) is 5.10 Å². The molecule has 0 bridgehead atoms. The molecule has 7 heteroatoms. The molecule has 0 aromatic heterocycles. The Hall–Kier alpha value is -2.80. The van der Waals surface area contributed by atoms with Gasteiger partial charge in [-0.1, -0.05) is 55.9 Å². The summed E-state index contributed by atoms with van der Waals surface area (Å²) in [5.74, 6) is 1.07. The smallest absolute Gasteiger partial charge is 0.313 e. The van der Waals surface area contributed by atoms with Gasteiger partial charge in [-0.3, -0.25) is 4.79 Å². The molecule has 0 radical (unpaired) electrons. The van der Waals surface area contributed by atoms with E-state index < -0.39 is 0 Å². The molecule has 0 amide bonds. The van der Waals surface area contributed by atoms with Crippen LogP contribution in [-0.4, -0.2) is 24.0 Å². The van der Waals surface area contributed by atoms with Crippen molar-refractivity contribution in [1.29, 1.82) is 0 Å². The highest BCUT2D eigenvalue weighted by Gasteiger charge is 2.14. The average Bonchev–Trinajstić information content (AvgIpc) is 2.69. The van der Waals surface area contributed by atoms with E-state index in [0.717, 1.165) is 11.3 Å². The van der Waals surface area contributed by atoms with Gasteiger partial charge in [0.1, 0.15) is 0 Å². The minimum Gasteiger partial charge on any atom is -0.490 e. The van der Waals surface area contributed by atoms with Crippen molar-refractivity contribution in [2.75, 3.05) is 6.61 Å². The van der Waals surface area contributed by atoms with Crippen LogP contribution >= 0.6 is 11.8 Å². The molecule has 6 nitrogen and oxygen atoms in total. The molecule has 0 aliphatic heterocycles. The summed E-state index contributed by atoms with van der Waals surface area (Å²) in [6, 6.07) is 15.2. The fourth-order valence-electron chi connectivity index (χ4n) is 2.10. The number of rotatable bonds is 8. The van der Waals surface area contributed by atoms with Gasteiger partial charge in [-0.25, -0.2) is 0 Å². The van der Waals surface area contributed by atoms with Crippen molar-refractivity contribution in [3.8, 4) is 11.5 Å². The van der Waals surface area contributed by atoms with Gasteiger partial charge < -0.3 is 15.2 Å². The number of amidine groups is 1. The van der Waals surface area contributed by atoms with E-state index in [9.17, 15) is 4.79 Å². The Morgan fingerprint density at radius 3 is 2.61 bits per heavy atom. The molecule has 0 saturated heterocycles. The van der Waals surface area contributed by atoms with Gasteiger partial charge in [-0.15, -0.1) is 5.10 Å². The fraction of sp³-hybridized carbons (Fsp3) is 0.286. The van der Waals surface area contributed by atoms with Gasteiger partial charge in [0, 0.05) is 5.75 Å². The second-order valence-electron chi connectivity index (χ2n) is 6.17. The molecule has 2 aromatic rings. The predicted molar refractivity (Wildman–Crippen MR) is 115 cm³/mol. The summed E-state index contributed by atoms with van der Waals surface area (Å²) >= 11 is 1.42. The van der Waals surface area contributed by atoms with Gasteiger partial charge in [0.2, 0.25) is 0 Å². The van der Waals surface area contributed by atoms with Crippen molar-refractivity contribution >= 4 is 29.1 Å². The molecule has 2 aromatic carbocycles. The first-order valence-corrected chi connectivity index (χ1v) is 10.00. The number of carbonyl (C=O) groups excluding carboxylic acids is 1. The molecular formula is C21H25N3O3S. The van der Waals surface area contributed by atoms with Crippen molar-refractivity contribution < 1.29 is 14.3 Å². The Labute approximate surface area is 169 Å². The van der Waals surface area contributed by atoms with E-state index in [2.05, 4.69) is 10.2 Å². The van der Waals surface area contributed by atoms with E-state index in [4.69, 9.17) is 15.2 Å². The van der Waals surface area contributed by atoms with Crippen LogP contribution in [0.3, 0.4) is 0 Å². The molecule has 0 fully saturated rings. The number of thioether (sulfide) groups is 1. The standard InChI is InChI=1S/C21H25N3O3S/c1-4-26-19-12-17(10-11-18(19)27-20(25)15(2)3)13-23-24-21(22)28-14-16-8-6-5-7-9-16/h5-13,15H,4,14H2,1-3H3,(H2,22,24). The van der Waals surface area contributed by atoms with Gasteiger partial charge in [-0.05, 0) is 36.2 Å². The van der Waals surface area contributed by atoms with Crippen molar-refractivity contribution in [1.82, 2.24) is 0 Å². The van der Waals surface area contributed by atoms with E-state index in [0.29, 0.717) is 23.3 Å². The highest BCUT2D eigenvalue weighted by atomic mass is 32.2. The fourth-order valence-corrected chi connectivity index (χ4v) is 2.71. The summed E-state index contributed by atoms with van der Waals surface area (Å²) in [7, 11) is 0. The normalized spacial score (nSPS) is 11.8. The maximum Gasteiger partial charge on any atom is 0.313 e. The second-order valence-corrected chi connectivity index (χ2v) is 7.17. The summed E-state index contributed by atoms with van der Waals surface area (Å²) in [6.07, 6.45) is 1.58. The summed E-state index contributed by atoms with van der Waals surface area (Å²) < 4.78 is 10.9. The van der Waals surface area contributed by atoms with Crippen molar-refractivity contribution in [2.45, 2.75) is 26.5 Å². The largest absolute Gasteiger partial charge is 0.490 e. The van der Waals surface area contributed by atoms with E-state index in [1.165, 1.54) is 17.3 Å². The molecule has 0 aliphatic carbocycles. The molecule has 0 atom stereocenters. The number of ether oxygens (including phenoxy) is 2. The zero-order chi connectivity index (χ0) is 20.4. The van der Waals surface area contributed by atoms with Crippen molar-refractivity contribution in [2.24, 2.45) is 21.9 Å². The van der Waals surface area contributed by atoms with E-state index in [1.54, 1.807) is 38.3 Å². The monoisotopic (exact) mass is 399 g/mol. The van der Waals surface area contributed by atoms with Gasteiger partial charge in [0.15, 0.2) is 16.7 Å². The molecular weight excluding hydrogens is 374 g/mol. The Balaban J connectivity index is 2.01. The van der Waals surface area contributed by atoms with Crippen LogP contribution in [-0.2, 0) is 10.5 Å². The maximum absolute atomic E-state index is 11.8. The number of hydrogen-bond acceptors (Lipinski definition) is 6. The van der Waals surface area contributed by atoms with Crippen LogP contribution in [0.25, 0.3) is 0 Å². The van der Waals surface area contributed by atoms with Crippen molar-refractivity contribution in [3.05, 3.63) is 59.7 Å². The summed E-state index contributed by atoms with van der Waals surface area (Å²) in [5.41, 5.74) is 7.82. The van der Waals surface area contributed by atoms with Crippen LogP contribution in [0.2, 0.25) is 0 Å². The topological polar surface area (TPSA) is 86.3 Å². The maximum atomic E-state index is 11.8. The first kappa shape index (κ1) is 21.5. The zero-order valence-corrected chi connectivity index (χ0v) is 17.1. The summed E-state index contributed by atoms with van der Waals surface area (Å²) in [6.45, 7) is 5.88. The Morgan fingerprint density at radius 2 is 1.93 bits per heavy atom. The van der Waals surface area contributed by atoms with Gasteiger partial charge in [0.05, 0.1) is 18.7 Å². The van der Waals surface area contributed by atoms with E-state index in [1.807, 2.05) is 37.3 Å². The third kappa shape index (κ3) is 7.08. The van der Waals surface area contributed by atoms with Crippen LogP contribution in [0.4, 0.5) is 0 Å². The highest BCUT2D eigenvalue weighted by molar-refractivity contribution is 8.13. The van der Waals surface area contributed by atoms with Crippen molar-refractivity contribution in [3.63, 3.8) is 0 Å². The summed E-state index contributed by atoms with van der Waals surface area (Å²) in [4.78, 5) is 11.8. The number of hydrogen-bond donors (Lipinski definition) is 1. The van der Waals surface area contributed by atoms with Crippen LogP contribution in [0, 0.1) is 5.92 Å². The first-order valence-electron chi connectivity index (χ1n) is 9.01. The lowest BCUT2D eigenvalue weighted by molar-refractivity contribution is -0.137.